The Labute approximate surface area is 134 Å². The van der Waals surface area contributed by atoms with Crippen LogP contribution in [0.1, 0.15) is 12.0 Å². The molecule has 1 fully saturated rings. The van der Waals surface area contributed by atoms with Gasteiger partial charge in [-0.15, -0.1) is 5.10 Å². The molecule has 2 aromatic rings. The molecule has 0 aliphatic carbocycles. The fourth-order valence-electron chi connectivity index (χ4n) is 2.47. The van der Waals surface area contributed by atoms with E-state index in [1.54, 1.807) is 30.5 Å². The summed E-state index contributed by atoms with van der Waals surface area (Å²) in [7, 11) is -1.14. The third-order valence-corrected chi connectivity index (χ3v) is 5.59. The number of rotatable bonds is 5. The van der Waals surface area contributed by atoms with E-state index in [0.29, 0.717) is 24.7 Å². The summed E-state index contributed by atoms with van der Waals surface area (Å²) in [4.78, 5) is 10.2. The molecule has 8 nitrogen and oxygen atoms in total. The summed E-state index contributed by atoms with van der Waals surface area (Å²) in [6.07, 6.45) is 5.60. The van der Waals surface area contributed by atoms with Gasteiger partial charge in [-0.05, 0) is 24.1 Å². The molecule has 0 radical (unpaired) electrons. The number of aromatic nitrogens is 4. The standard InChI is InChI=1S/C14H18N6O2S/c1-20(12-4-7-23(21,22)10-12)14-18-13(9-17-19-14)16-8-11-2-5-15-6-3-11/h2-3,5-6,9,12H,4,7-8,10H2,1H3,(H,16,18,19). The molecule has 1 saturated heterocycles. The lowest BCUT2D eigenvalue weighted by Crippen LogP contribution is -2.34. The number of hydrogen-bond donors (Lipinski definition) is 1. The van der Waals surface area contributed by atoms with E-state index in [1.807, 2.05) is 12.1 Å². The van der Waals surface area contributed by atoms with Crippen LogP contribution in [0.2, 0.25) is 0 Å². The Morgan fingerprint density at radius 2 is 2.13 bits per heavy atom. The summed E-state index contributed by atoms with van der Waals surface area (Å²) in [6.45, 7) is 0.599. The molecule has 1 aliphatic rings. The van der Waals surface area contributed by atoms with Gasteiger partial charge in [-0.1, -0.05) is 0 Å². The highest BCUT2D eigenvalue weighted by atomic mass is 32.2. The van der Waals surface area contributed by atoms with E-state index in [9.17, 15) is 8.42 Å². The maximum atomic E-state index is 11.6. The molecule has 3 rings (SSSR count). The molecule has 9 heteroatoms. The van der Waals surface area contributed by atoms with E-state index >= 15 is 0 Å². The molecule has 1 unspecified atom stereocenters. The van der Waals surface area contributed by atoms with Crippen LogP contribution in [-0.4, -0.2) is 53.2 Å². The van der Waals surface area contributed by atoms with Gasteiger partial charge in [0.15, 0.2) is 15.7 Å². The van der Waals surface area contributed by atoms with Crippen LogP contribution in [0.25, 0.3) is 0 Å². The Morgan fingerprint density at radius 3 is 2.83 bits per heavy atom. The van der Waals surface area contributed by atoms with Gasteiger partial charge in [0.05, 0.1) is 17.7 Å². The summed E-state index contributed by atoms with van der Waals surface area (Å²) in [5, 5.41) is 11.1. The molecule has 3 heterocycles. The monoisotopic (exact) mass is 334 g/mol. The van der Waals surface area contributed by atoms with Crippen molar-refractivity contribution in [1.29, 1.82) is 0 Å². The minimum Gasteiger partial charge on any atom is -0.365 e. The first-order valence-corrected chi connectivity index (χ1v) is 9.11. The summed E-state index contributed by atoms with van der Waals surface area (Å²) in [5.74, 6) is 1.38. The van der Waals surface area contributed by atoms with Gasteiger partial charge in [0.1, 0.15) is 0 Å². The molecular formula is C14H18N6O2S. The largest absolute Gasteiger partial charge is 0.365 e. The molecule has 1 atom stereocenters. The zero-order valence-corrected chi connectivity index (χ0v) is 13.6. The van der Waals surface area contributed by atoms with Crippen LogP contribution in [0.5, 0.6) is 0 Å². The molecule has 1 aliphatic heterocycles. The van der Waals surface area contributed by atoms with Crippen LogP contribution in [0, 0.1) is 0 Å². The summed E-state index contributed by atoms with van der Waals surface area (Å²) in [6, 6.07) is 3.73. The smallest absolute Gasteiger partial charge is 0.247 e. The van der Waals surface area contributed by atoms with E-state index in [2.05, 4.69) is 25.5 Å². The highest BCUT2D eigenvalue weighted by Crippen LogP contribution is 2.20. The lowest BCUT2D eigenvalue weighted by Gasteiger charge is -2.22. The molecule has 23 heavy (non-hydrogen) atoms. The van der Waals surface area contributed by atoms with Gasteiger partial charge in [-0.25, -0.2) is 8.42 Å². The Balaban J connectivity index is 1.67. The van der Waals surface area contributed by atoms with Crippen LogP contribution in [0.15, 0.2) is 30.7 Å². The van der Waals surface area contributed by atoms with E-state index in [-0.39, 0.29) is 17.5 Å². The molecule has 2 aromatic heterocycles. The van der Waals surface area contributed by atoms with Gasteiger partial charge >= 0.3 is 0 Å². The fourth-order valence-corrected chi connectivity index (χ4v) is 4.24. The Morgan fingerprint density at radius 1 is 1.35 bits per heavy atom. The average Bonchev–Trinajstić information content (AvgIpc) is 2.93. The van der Waals surface area contributed by atoms with E-state index < -0.39 is 9.84 Å². The molecule has 0 aromatic carbocycles. The van der Waals surface area contributed by atoms with Crippen molar-refractivity contribution >= 4 is 21.6 Å². The number of pyridine rings is 1. The number of nitrogens with one attached hydrogen (secondary N) is 1. The second kappa shape index (κ2) is 6.45. The van der Waals surface area contributed by atoms with E-state index in [4.69, 9.17) is 0 Å². The minimum absolute atomic E-state index is 0.0998. The first-order valence-electron chi connectivity index (χ1n) is 7.29. The fraction of sp³-hybridized carbons (Fsp3) is 0.429. The third kappa shape index (κ3) is 3.92. The number of anilines is 2. The Bertz CT molecular complexity index is 768. The van der Waals surface area contributed by atoms with Crippen LogP contribution in [0.3, 0.4) is 0 Å². The highest BCUT2D eigenvalue weighted by molar-refractivity contribution is 7.91. The van der Waals surface area contributed by atoms with Gasteiger partial charge in [0.25, 0.3) is 0 Å². The molecule has 0 spiro atoms. The quantitative estimate of drug-likeness (QED) is 0.844. The second-order valence-corrected chi connectivity index (χ2v) is 7.75. The molecule has 0 saturated carbocycles. The summed E-state index contributed by atoms with van der Waals surface area (Å²) in [5.41, 5.74) is 1.08. The topological polar surface area (TPSA) is 101 Å². The molecule has 1 N–H and O–H groups in total. The molecular weight excluding hydrogens is 316 g/mol. The predicted octanol–water partition coefficient (Wildman–Crippen LogP) is 0.502. The molecule has 0 bridgehead atoms. The first-order chi connectivity index (χ1) is 11.0. The zero-order chi connectivity index (χ0) is 16.3. The van der Waals surface area contributed by atoms with Crippen molar-refractivity contribution in [3.05, 3.63) is 36.3 Å². The normalized spacial score (nSPS) is 19.4. The SMILES string of the molecule is CN(c1nncc(NCc2ccncc2)n1)C1CCS(=O)(=O)C1. The van der Waals surface area contributed by atoms with Crippen molar-refractivity contribution in [3.63, 3.8) is 0 Å². The van der Waals surface area contributed by atoms with Gasteiger partial charge in [0.2, 0.25) is 5.95 Å². The van der Waals surface area contributed by atoms with Gasteiger partial charge in [0, 0.05) is 32.0 Å². The van der Waals surface area contributed by atoms with Crippen LogP contribution < -0.4 is 10.2 Å². The van der Waals surface area contributed by atoms with Crippen molar-refractivity contribution < 1.29 is 8.42 Å². The number of hydrogen-bond acceptors (Lipinski definition) is 8. The van der Waals surface area contributed by atoms with Crippen molar-refractivity contribution in [1.82, 2.24) is 20.2 Å². The lowest BCUT2D eigenvalue weighted by molar-refractivity contribution is 0.600. The van der Waals surface area contributed by atoms with Crippen molar-refractivity contribution in [2.75, 3.05) is 28.8 Å². The van der Waals surface area contributed by atoms with Gasteiger partial charge in [-0.2, -0.15) is 10.1 Å². The van der Waals surface area contributed by atoms with E-state index in [1.165, 1.54) is 0 Å². The van der Waals surface area contributed by atoms with Crippen molar-refractivity contribution in [3.8, 4) is 0 Å². The van der Waals surface area contributed by atoms with E-state index in [0.717, 1.165) is 5.56 Å². The predicted molar refractivity (Wildman–Crippen MR) is 86.9 cm³/mol. The molecule has 122 valence electrons. The Hall–Kier alpha value is -2.29. The average molecular weight is 334 g/mol. The maximum absolute atomic E-state index is 11.6. The van der Waals surface area contributed by atoms with Gasteiger partial charge < -0.3 is 10.2 Å². The summed E-state index contributed by atoms with van der Waals surface area (Å²) >= 11 is 0. The zero-order valence-electron chi connectivity index (χ0n) is 12.8. The third-order valence-electron chi connectivity index (χ3n) is 3.84. The first kappa shape index (κ1) is 15.6. The molecule has 0 amide bonds. The van der Waals surface area contributed by atoms with Crippen molar-refractivity contribution in [2.45, 2.75) is 19.0 Å². The van der Waals surface area contributed by atoms with Crippen LogP contribution in [-0.2, 0) is 16.4 Å². The maximum Gasteiger partial charge on any atom is 0.247 e. The number of sulfone groups is 1. The lowest BCUT2D eigenvalue weighted by atomic mass is 10.2. The summed E-state index contributed by atoms with van der Waals surface area (Å²) < 4.78 is 23.2. The van der Waals surface area contributed by atoms with Crippen LogP contribution >= 0.6 is 0 Å². The second-order valence-electron chi connectivity index (χ2n) is 5.52. The highest BCUT2D eigenvalue weighted by Gasteiger charge is 2.31. The van der Waals surface area contributed by atoms with Gasteiger partial charge in [-0.3, -0.25) is 4.98 Å². The minimum atomic E-state index is -2.94. The van der Waals surface area contributed by atoms with Crippen LogP contribution in [0.4, 0.5) is 11.8 Å². The Kier molecular flexibility index (Phi) is 4.37. The number of nitrogens with zero attached hydrogens (tertiary/aromatic N) is 5. The van der Waals surface area contributed by atoms with Crippen molar-refractivity contribution in [2.24, 2.45) is 0 Å².